The minimum atomic E-state index is 0.550. The lowest BCUT2D eigenvalue weighted by Gasteiger charge is -2.37. The van der Waals surface area contributed by atoms with Gasteiger partial charge in [0.15, 0.2) is 5.13 Å². The molecule has 0 aliphatic carbocycles. The van der Waals surface area contributed by atoms with Crippen molar-refractivity contribution in [1.29, 1.82) is 0 Å². The molecule has 15 heavy (non-hydrogen) atoms. The van der Waals surface area contributed by atoms with Crippen LogP contribution in [0.2, 0.25) is 0 Å². The average Bonchev–Trinajstić information content (AvgIpc) is 2.70. The Morgan fingerprint density at radius 2 is 2.40 bits per heavy atom. The molecule has 2 heterocycles. The van der Waals surface area contributed by atoms with Gasteiger partial charge in [-0.15, -0.1) is 11.3 Å². The highest BCUT2D eigenvalue weighted by Gasteiger charge is 2.26. The predicted octanol–water partition coefficient (Wildman–Crippen LogP) is 2.23. The topological polar surface area (TPSA) is 42.2 Å². The molecule has 2 N–H and O–H groups in total. The van der Waals surface area contributed by atoms with Crippen LogP contribution < -0.4 is 10.6 Å². The summed E-state index contributed by atoms with van der Waals surface area (Å²) in [4.78, 5) is 6.99. The first-order chi connectivity index (χ1) is 7.22. The zero-order chi connectivity index (χ0) is 10.8. The molecule has 0 radical (unpaired) electrons. The molecule has 0 amide bonds. The first-order valence-corrected chi connectivity index (χ1v) is 6.51. The van der Waals surface area contributed by atoms with Crippen molar-refractivity contribution in [2.45, 2.75) is 39.3 Å². The summed E-state index contributed by atoms with van der Waals surface area (Å²) in [7, 11) is 0. The van der Waals surface area contributed by atoms with Crippen LogP contribution in [0.1, 0.15) is 32.4 Å². The molecular formula is C11H19N3S. The first-order valence-electron chi connectivity index (χ1n) is 5.63. The van der Waals surface area contributed by atoms with Crippen LogP contribution in [0.15, 0.2) is 5.38 Å². The second-order valence-electron chi connectivity index (χ2n) is 4.38. The Balaban J connectivity index is 2.14. The van der Waals surface area contributed by atoms with Crippen LogP contribution in [-0.4, -0.2) is 17.6 Å². The summed E-state index contributed by atoms with van der Waals surface area (Å²) >= 11 is 1.72. The first kappa shape index (κ1) is 10.9. The van der Waals surface area contributed by atoms with Gasteiger partial charge in [0.2, 0.25) is 0 Å². The molecule has 1 aliphatic rings. The Labute approximate surface area is 95.3 Å². The molecule has 0 bridgehead atoms. The van der Waals surface area contributed by atoms with E-state index < -0.39 is 0 Å². The van der Waals surface area contributed by atoms with E-state index in [1.165, 1.54) is 12.8 Å². The van der Waals surface area contributed by atoms with Crippen LogP contribution in [0.5, 0.6) is 0 Å². The second kappa shape index (κ2) is 4.49. The zero-order valence-corrected chi connectivity index (χ0v) is 10.3. The Morgan fingerprint density at radius 1 is 1.60 bits per heavy atom. The molecule has 2 atom stereocenters. The quantitative estimate of drug-likeness (QED) is 0.839. The van der Waals surface area contributed by atoms with E-state index in [0.717, 1.165) is 23.3 Å². The fourth-order valence-corrected chi connectivity index (χ4v) is 3.08. The highest BCUT2D eigenvalue weighted by atomic mass is 32.1. The standard InChI is InChI=1S/C11H19N3S/c1-8-4-3-5-14(9(8)2)11-13-10(6-12)7-15-11/h7-9H,3-6,12H2,1-2H3. The number of thiazole rings is 1. The maximum Gasteiger partial charge on any atom is 0.185 e. The van der Waals surface area contributed by atoms with Crippen molar-refractivity contribution >= 4 is 16.5 Å². The van der Waals surface area contributed by atoms with Gasteiger partial charge in [-0.05, 0) is 25.7 Å². The Bertz CT molecular complexity index is 323. The predicted molar refractivity (Wildman–Crippen MR) is 65.2 cm³/mol. The van der Waals surface area contributed by atoms with E-state index in [0.29, 0.717) is 12.6 Å². The number of nitrogens with zero attached hydrogens (tertiary/aromatic N) is 2. The Kier molecular flexibility index (Phi) is 3.26. The molecule has 1 saturated heterocycles. The number of aromatic nitrogens is 1. The molecule has 4 heteroatoms. The van der Waals surface area contributed by atoms with Crippen molar-refractivity contribution < 1.29 is 0 Å². The summed E-state index contributed by atoms with van der Waals surface area (Å²) in [5.41, 5.74) is 6.59. The van der Waals surface area contributed by atoms with Gasteiger partial charge in [0, 0.05) is 24.5 Å². The minimum Gasteiger partial charge on any atom is -0.345 e. The van der Waals surface area contributed by atoms with Crippen LogP contribution in [0.4, 0.5) is 5.13 Å². The number of piperidine rings is 1. The van der Waals surface area contributed by atoms with Gasteiger partial charge in [0.25, 0.3) is 0 Å². The van der Waals surface area contributed by atoms with Crippen LogP contribution in [0.25, 0.3) is 0 Å². The van der Waals surface area contributed by atoms with Crippen molar-refractivity contribution in [3.8, 4) is 0 Å². The van der Waals surface area contributed by atoms with E-state index >= 15 is 0 Å². The molecule has 1 aliphatic heterocycles. The van der Waals surface area contributed by atoms with Crippen molar-refractivity contribution in [2.75, 3.05) is 11.4 Å². The Morgan fingerprint density at radius 3 is 3.07 bits per heavy atom. The van der Waals surface area contributed by atoms with E-state index in [1.807, 2.05) is 0 Å². The average molecular weight is 225 g/mol. The van der Waals surface area contributed by atoms with E-state index in [9.17, 15) is 0 Å². The maximum atomic E-state index is 5.58. The Hall–Kier alpha value is -0.610. The fraction of sp³-hybridized carbons (Fsp3) is 0.727. The molecule has 1 aromatic rings. The molecule has 0 saturated carbocycles. The second-order valence-corrected chi connectivity index (χ2v) is 5.22. The van der Waals surface area contributed by atoms with Crippen LogP contribution in [0, 0.1) is 5.92 Å². The molecule has 3 nitrogen and oxygen atoms in total. The molecule has 1 aromatic heterocycles. The fourth-order valence-electron chi connectivity index (χ4n) is 2.13. The van der Waals surface area contributed by atoms with Crippen molar-refractivity contribution in [3.63, 3.8) is 0 Å². The third kappa shape index (κ3) is 2.16. The zero-order valence-electron chi connectivity index (χ0n) is 9.44. The van der Waals surface area contributed by atoms with Crippen molar-refractivity contribution in [3.05, 3.63) is 11.1 Å². The lowest BCUT2D eigenvalue weighted by Crippen LogP contribution is -2.42. The van der Waals surface area contributed by atoms with Crippen molar-refractivity contribution in [1.82, 2.24) is 4.98 Å². The molecule has 2 rings (SSSR count). The lowest BCUT2D eigenvalue weighted by molar-refractivity contribution is 0.363. The van der Waals surface area contributed by atoms with Crippen LogP contribution in [0.3, 0.4) is 0 Å². The summed E-state index contributed by atoms with van der Waals surface area (Å²) < 4.78 is 0. The monoisotopic (exact) mass is 225 g/mol. The minimum absolute atomic E-state index is 0.550. The molecule has 84 valence electrons. The van der Waals surface area contributed by atoms with Crippen LogP contribution >= 0.6 is 11.3 Å². The summed E-state index contributed by atoms with van der Waals surface area (Å²) in [6, 6.07) is 0.607. The van der Waals surface area contributed by atoms with E-state index in [4.69, 9.17) is 5.73 Å². The number of hydrogen-bond donors (Lipinski definition) is 1. The van der Waals surface area contributed by atoms with E-state index in [2.05, 4.69) is 29.1 Å². The normalized spacial score (nSPS) is 27.0. The third-order valence-corrected chi connectivity index (χ3v) is 4.29. The summed E-state index contributed by atoms with van der Waals surface area (Å²) in [6.07, 6.45) is 2.62. The largest absolute Gasteiger partial charge is 0.345 e. The van der Waals surface area contributed by atoms with Gasteiger partial charge in [0.1, 0.15) is 0 Å². The number of anilines is 1. The van der Waals surface area contributed by atoms with Gasteiger partial charge < -0.3 is 10.6 Å². The molecule has 1 fully saturated rings. The summed E-state index contributed by atoms with van der Waals surface area (Å²) in [5, 5.41) is 3.22. The molecule has 2 unspecified atom stereocenters. The number of nitrogens with two attached hydrogens (primary N) is 1. The smallest absolute Gasteiger partial charge is 0.185 e. The highest BCUT2D eigenvalue weighted by molar-refractivity contribution is 7.13. The summed E-state index contributed by atoms with van der Waals surface area (Å²) in [6.45, 7) is 6.32. The third-order valence-electron chi connectivity index (χ3n) is 3.37. The molecule has 0 aromatic carbocycles. The SMILES string of the molecule is CC1CCCN(c2nc(CN)cs2)C1C. The van der Waals surface area contributed by atoms with Gasteiger partial charge in [-0.2, -0.15) is 0 Å². The van der Waals surface area contributed by atoms with Gasteiger partial charge in [-0.25, -0.2) is 4.98 Å². The lowest BCUT2D eigenvalue weighted by atomic mass is 9.93. The van der Waals surface area contributed by atoms with Gasteiger partial charge in [-0.3, -0.25) is 0 Å². The van der Waals surface area contributed by atoms with Gasteiger partial charge in [-0.1, -0.05) is 6.92 Å². The molecular weight excluding hydrogens is 206 g/mol. The van der Waals surface area contributed by atoms with E-state index in [-0.39, 0.29) is 0 Å². The maximum absolute atomic E-state index is 5.58. The molecule has 0 spiro atoms. The van der Waals surface area contributed by atoms with Crippen molar-refractivity contribution in [2.24, 2.45) is 11.7 Å². The summed E-state index contributed by atoms with van der Waals surface area (Å²) in [5.74, 6) is 0.768. The number of rotatable bonds is 2. The van der Waals surface area contributed by atoms with Crippen LogP contribution in [-0.2, 0) is 6.54 Å². The van der Waals surface area contributed by atoms with Gasteiger partial charge in [0.05, 0.1) is 5.69 Å². The van der Waals surface area contributed by atoms with Gasteiger partial charge >= 0.3 is 0 Å². The van der Waals surface area contributed by atoms with E-state index in [1.54, 1.807) is 11.3 Å². The highest BCUT2D eigenvalue weighted by Crippen LogP contribution is 2.30. The number of hydrogen-bond acceptors (Lipinski definition) is 4.